The number of hydrogen-bond acceptors (Lipinski definition) is 2. The van der Waals surface area contributed by atoms with Crippen LogP contribution in [-0.2, 0) is 4.74 Å². The van der Waals surface area contributed by atoms with E-state index in [0.29, 0.717) is 19.7 Å². The van der Waals surface area contributed by atoms with Crippen LogP contribution >= 0.6 is 0 Å². The van der Waals surface area contributed by atoms with E-state index in [-0.39, 0.29) is 6.61 Å². The minimum absolute atomic E-state index is 0.265. The van der Waals surface area contributed by atoms with Crippen molar-refractivity contribution in [2.75, 3.05) is 26.3 Å². The van der Waals surface area contributed by atoms with Crippen LogP contribution in [0.25, 0.3) is 0 Å². The number of ether oxygens (including phenoxy) is 1. The van der Waals surface area contributed by atoms with Crippen molar-refractivity contribution in [3.8, 4) is 0 Å². The van der Waals surface area contributed by atoms with Gasteiger partial charge in [0.1, 0.15) is 0 Å². The molecule has 0 radical (unpaired) electrons. The van der Waals surface area contributed by atoms with Crippen molar-refractivity contribution >= 4 is 0 Å². The number of rotatable bonds is 7. The Morgan fingerprint density at radius 1 is 1.31 bits per heavy atom. The second-order valence-corrected chi connectivity index (χ2v) is 2.47. The van der Waals surface area contributed by atoms with Gasteiger partial charge in [0, 0.05) is 13.1 Å². The van der Waals surface area contributed by atoms with Crippen molar-refractivity contribution in [3.05, 3.63) is 12.7 Å². The van der Waals surface area contributed by atoms with Crippen molar-refractivity contribution in [3.63, 3.8) is 0 Å². The molecule has 0 aliphatic rings. The van der Waals surface area contributed by atoms with Crippen molar-refractivity contribution < 1.29 is 17.9 Å². The van der Waals surface area contributed by atoms with Gasteiger partial charge in [-0.05, 0) is 0 Å². The fourth-order valence-corrected chi connectivity index (χ4v) is 0.638. The summed E-state index contributed by atoms with van der Waals surface area (Å²) in [4.78, 5) is 0. The molecule has 78 valence electrons. The summed E-state index contributed by atoms with van der Waals surface area (Å²) in [6, 6.07) is 0. The molecular weight excluding hydrogens is 183 g/mol. The molecule has 0 aliphatic carbocycles. The van der Waals surface area contributed by atoms with Gasteiger partial charge in [0.25, 0.3) is 0 Å². The van der Waals surface area contributed by atoms with Gasteiger partial charge in [0.15, 0.2) is 0 Å². The van der Waals surface area contributed by atoms with Gasteiger partial charge in [-0.1, -0.05) is 6.08 Å². The molecule has 0 aromatic heterocycles. The SMILES string of the molecule is C=CCNCCOCCC(F)(F)F. The van der Waals surface area contributed by atoms with Gasteiger partial charge in [-0.3, -0.25) is 0 Å². The minimum atomic E-state index is -4.12. The summed E-state index contributed by atoms with van der Waals surface area (Å²) in [5.74, 6) is 0. The van der Waals surface area contributed by atoms with Gasteiger partial charge in [0.2, 0.25) is 0 Å². The van der Waals surface area contributed by atoms with Crippen LogP contribution in [0, 0.1) is 0 Å². The highest BCUT2D eigenvalue weighted by Crippen LogP contribution is 2.18. The Kier molecular flexibility index (Phi) is 6.62. The van der Waals surface area contributed by atoms with Crippen LogP contribution < -0.4 is 5.32 Å². The third-order valence-electron chi connectivity index (χ3n) is 1.24. The summed E-state index contributed by atoms with van der Waals surface area (Å²) < 4.78 is 39.5. The van der Waals surface area contributed by atoms with Gasteiger partial charge >= 0.3 is 6.18 Å². The number of hydrogen-bond donors (Lipinski definition) is 1. The van der Waals surface area contributed by atoms with Crippen LogP contribution in [0.5, 0.6) is 0 Å². The second-order valence-electron chi connectivity index (χ2n) is 2.47. The maximum Gasteiger partial charge on any atom is 0.391 e. The van der Waals surface area contributed by atoms with Crippen LogP contribution in [0.1, 0.15) is 6.42 Å². The molecular formula is C8H14F3NO. The van der Waals surface area contributed by atoms with Crippen molar-refractivity contribution in [1.82, 2.24) is 5.32 Å². The zero-order valence-electron chi connectivity index (χ0n) is 7.36. The Morgan fingerprint density at radius 2 is 2.00 bits per heavy atom. The first-order valence-electron chi connectivity index (χ1n) is 4.02. The Labute approximate surface area is 75.8 Å². The zero-order chi connectivity index (χ0) is 10.2. The van der Waals surface area contributed by atoms with E-state index in [1.54, 1.807) is 6.08 Å². The van der Waals surface area contributed by atoms with Crippen molar-refractivity contribution in [2.24, 2.45) is 0 Å². The molecule has 0 heterocycles. The third-order valence-corrected chi connectivity index (χ3v) is 1.24. The monoisotopic (exact) mass is 197 g/mol. The quantitative estimate of drug-likeness (QED) is 0.495. The summed E-state index contributed by atoms with van der Waals surface area (Å²) in [5, 5.41) is 2.91. The topological polar surface area (TPSA) is 21.3 Å². The summed E-state index contributed by atoms with van der Waals surface area (Å²) in [5.41, 5.74) is 0. The number of nitrogens with one attached hydrogen (secondary N) is 1. The molecule has 0 bridgehead atoms. The van der Waals surface area contributed by atoms with Crippen LogP contribution in [-0.4, -0.2) is 32.5 Å². The van der Waals surface area contributed by atoms with Gasteiger partial charge < -0.3 is 10.1 Å². The lowest BCUT2D eigenvalue weighted by Gasteiger charge is -2.07. The summed E-state index contributed by atoms with van der Waals surface area (Å²) in [7, 11) is 0. The predicted molar refractivity (Wildman–Crippen MR) is 44.6 cm³/mol. The maximum atomic E-state index is 11.6. The first-order chi connectivity index (χ1) is 6.06. The van der Waals surface area contributed by atoms with E-state index >= 15 is 0 Å². The molecule has 0 aromatic rings. The molecule has 0 aliphatic heterocycles. The van der Waals surface area contributed by atoms with E-state index in [1.807, 2.05) is 0 Å². The fraction of sp³-hybridized carbons (Fsp3) is 0.750. The Morgan fingerprint density at radius 3 is 2.54 bits per heavy atom. The van der Waals surface area contributed by atoms with E-state index < -0.39 is 12.6 Å². The Balaban J connectivity index is 3.04. The van der Waals surface area contributed by atoms with Gasteiger partial charge in [-0.15, -0.1) is 6.58 Å². The molecule has 0 amide bonds. The van der Waals surface area contributed by atoms with Gasteiger partial charge in [-0.2, -0.15) is 13.2 Å². The second kappa shape index (κ2) is 6.91. The van der Waals surface area contributed by atoms with E-state index in [2.05, 4.69) is 11.9 Å². The minimum Gasteiger partial charge on any atom is -0.380 e. The zero-order valence-corrected chi connectivity index (χ0v) is 7.36. The predicted octanol–water partition coefficient (Wildman–Crippen LogP) is 1.73. The van der Waals surface area contributed by atoms with E-state index in [9.17, 15) is 13.2 Å². The summed E-state index contributed by atoms with van der Waals surface area (Å²) in [6.45, 7) is 4.69. The van der Waals surface area contributed by atoms with Crippen LogP contribution in [0.15, 0.2) is 12.7 Å². The average Bonchev–Trinajstić information content (AvgIpc) is 2.01. The van der Waals surface area contributed by atoms with Crippen LogP contribution in [0.3, 0.4) is 0 Å². The molecule has 13 heavy (non-hydrogen) atoms. The number of alkyl halides is 3. The van der Waals surface area contributed by atoms with Crippen LogP contribution in [0.4, 0.5) is 13.2 Å². The van der Waals surface area contributed by atoms with Crippen LogP contribution in [0.2, 0.25) is 0 Å². The first-order valence-corrected chi connectivity index (χ1v) is 4.02. The van der Waals surface area contributed by atoms with Crippen molar-refractivity contribution in [2.45, 2.75) is 12.6 Å². The fourth-order valence-electron chi connectivity index (χ4n) is 0.638. The maximum absolute atomic E-state index is 11.6. The van der Waals surface area contributed by atoms with E-state index in [1.165, 1.54) is 0 Å². The Hall–Kier alpha value is -0.550. The van der Waals surface area contributed by atoms with E-state index in [0.717, 1.165) is 0 Å². The molecule has 0 aromatic carbocycles. The molecule has 5 heteroatoms. The molecule has 0 atom stereocenters. The van der Waals surface area contributed by atoms with Gasteiger partial charge in [0.05, 0.1) is 19.6 Å². The molecule has 0 unspecified atom stereocenters. The lowest BCUT2D eigenvalue weighted by molar-refractivity contribution is -0.145. The molecule has 2 nitrogen and oxygen atoms in total. The lowest BCUT2D eigenvalue weighted by Crippen LogP contribution is -2.21. The standard InChI is InChI=1S/C8H14F3NO/c1-2-4-12-5-7-13-6-3-8(9,10)11/h2,12H,1,3-7H2. The average molecular weight is 197 g/mol. The Bertz CT molecular complexity index is 136. The molecule has 1 N–H and O–H groups in total. The van der Waals surface area contributed by atoms with Gasteiger partial charge in [-0.25, -0.2) is 0 Å². The lowest BCUT2D eigenvalue weighted by atomic mass is 10.4. The smallest absolute Gasteiger partial charge is 0.380 e. The molecule has 0 rings (SSSR count). The first kappa shape index (κ1) is 12.4. The normalized spacial score (nSPS) is 11.6. The van der Waals surface area contributed by atoms with E-state index in [4.69, 9.17) is 4.74 Å². The number of halogens is 3. The van der Waals surface area contributed by atoms with Crippen molar-refractivity contribution in [1.29, 1.82) is 0 Å². The largest absolute Gasteiger partial charge is 0.391 e. The highest BCUT2D eigenvalue weighted by molar-refractivity contribution is 4.68. The highest BCUT2D eigenvalue weighted by Gasteiger charge is 2.26. The molecule has 0 saturated heterocycles. The molecule has 0 spiro atoms. The highest BCUT2D eigenvalue weighted by atomic mass is 19.4. The summed E-state index contributed by atoms with van der Waals surface area (Å²) in [6.07, 6.45) is -3.32. The summed E-state index contributed by atoms with van der Waals surface area (Å²) >= 11 is 0. The molecule has 0 saturated carbocycles. The third kappa shape index (κ3) is 11.5. The molecule has 0 fully saturated rings.